The predicted molar refractivity (Wildman–Crippen MR) is 120 cm³/mol. The third-order valence-corrected chi connectivity index (χ3v) is 6.98. The largest absolute Gasteiger partial charge is 0.240 e. The van der Waals surface area contributed by atoms with Gasteiger partial charge in [-0.25, -0.2) is 4.98 Å². The van der Waals surface area contributed by atoms with Crippen molar-refractivity contribution in [2.45, 2.75) is 53.4 Å². The molecule has 0 radical (unpaired) electrons. The highest BCUT2D eigenvalue weighted by Gasteiger charge is 2.32. The van der Waals surface area contributed by atoms with E-state index in [2.05, 4.69) is 70.8 Å². The van der Waals surface area contributed by atoms with Crippen LogP contribution in [-0.2, 0) is 11.8 Å². The summed E-state index contributed by atoms with van der Waals surface area (Å²) >= 11 is 8.36. The zero-order valence-electron chi connectivity index (χ0n) is 16.9. The van der Waals surface area contributed by atoms with E-state index in [1.165, 1.54) is 42.8 Å². The summed E-state index contributed by atoms with van der Waals surface area (Å²) in [6.45, 7) is 13.4. The Morgan fingerprint density at radius 2 is 1.89 bits per heavy atom. The second-order valence-corrected chi connectivity index (χ2v) is 10.2. The van der Waals surface area contributed by atoms with Gasteiger partial charge in [-0.05, 0) is 66.0 Å². The molecule has 1 aliphatic rings. The summed E-state index contributed by atoms with van der Waals surface area (Å²) in [6, 6.07) is 8.88. The molecule has 0 unspecified atom stereocenters. The lowest BCUT2D eigenvalue weighted by molar-refractivity contribution is 0.652. The number of rotatable bonds is 3. The monoisotopic (exact) mass is 395 g/mol. The quantitative estimate of drug-likeness (QED) is 0.412. The van der Waals surface area contributed by atoms with Crippen LogP contribution in [0.1, 0.15) is 56.3 Å². The Labute approximate surface area is 171 Å². The average Bonchev–Trinajstić information content (AvgIpc) is 2.99. The number of hydrogen-bond acceptors (Lipinski definition) is 2. The van der Waals surface area contributed by atoms with Gasteiger partial charge in [-0.3, -0.25) is 0 Å². The minimum Gasteiger partial charge on any atom is -0.240 e. The highest BCUT2D eigenvalue weighted by atomic mass is 35.5. The van der Waals surface area contributed by atoms with Crippen LogP contribution in [0.5, 0.6) is 0 Å². The number of thiophene rings is 1. The lowest BCUT2D eigenvalue weighted by Crippen LogP contribution is -2.13. The van der Waals surface area contributed by atoms with Gasteiger partial charge >= 0.3 is 0 Å². The molecule has 0 amide bonds. The Hall–Kier alpha value is -1.64. The Morgan fingerprint density at radius 3 is 2.59 bits per heavy atom. The Morgan fingerprint density at radius 1 is 1.15 bits per heavy atom. The molecule has 0 atom stereocenters. The number of aryl methyl sites for hydroxylation is 1. The number of halogens is 1. The first kappa shape index (κ1) is 18.7. The number of hydrogen-bond donors (Lipinski definition) is 0. The van der Waals surface area contributed by atoms with E-state index in [1.54, 1.807) is 0 Å². The van der Waals surface area contributed by atoms with E-state index in [0.29, 0.717) is 11.1 Å². The van der Waals surface area contributed by atoms with Crippen LogP contribution >= 0.6 is 22.9 Å². The minimum atomic E-state index is -0.0763. The number of aromatic nitrogens is 1. The Bertz CT molecular complexity index is 1090. The smallest absolute Gasteiger partial charge is 0.130 e. The zero-order valence-corrected chi connectivity index (χ0v) is 18.5. The fraction of sp³-hybridized carbons (Fsp3) is 0.375. The SMILES string of the molecule is CC1=CC(C)(C)c2nc(Cl)cc(-c3ccc4c(C)c(CC(C)C)sc4c3)c21. The molecular weight excluding hydrogens is 370 g/mol. The van der Waals surface area contributed by atoms with Crippen LogP contribution in [0.4, 0.5) is 0 Å². The molecule has 0 saturated carbocycles. The molecule has 3 aromatic rings. The van der Waals surface area contributed by atoms with Crippen LogP contribution in [0.2, 0.25) is 5.15 Å². The summed E-state index contributed by atoms with van der Waals surface area (Å²) in [5, 5.41) is 1.95. The van der Waals surface area contributed by atoms with Crippen molar-refractivity contribution in [2.75, 3.05) is 0 Å². The topological polar surface area (TPSA) is 12.9 Å². The van der Waals surface area contributed by atoms with Crippen molar-refractivity contribution in [1.82, 2.24) is 4.98 Å². The molecule has 1 nitrogen and oxygen atoms in total. The molecule has 0 spiro atoms. The van der Waals surface area contributed by atoms with E-state index in [0.717, 1.165) is 12.1 Å². The van der Waals surface area contributed by atoms with Crippen molar-refractivity contribution in [3.63, 3.8) is 0 Å². The van der Waals surface area contributed by atoms with Gasteiger partial charge in [-0.1, -0.05) is 57.5 Å². The van der Waals surface area contributed by atoms with Gasteiger partial charge < -0.3 is 0 Å². The van der Waals surface area contributed by atoms with Crippen molar-refractivity contribution in [2.24, 2.45) is 5.92 Å². The Balaban J connectivity index is 1.90. The molecule has 2 heterocycles. The van der Waals surface area contributed by atoms with E-state index in [-0.39, 0.29) is 5.41 Å². The standard InChI is InChI=1S/C24H26ClNS/c1-13(2)9-19-15(4)17-8-7-16(10-20(17)27-19)18-11-21(25)26-23-22(18)14(3)12-24(23,5)6/h7-8,10-13H,9H2,1-6H3. The van der Waals surface area contributed by atoms with Gasteiger partial charge in [0.2, 0.25) is 0 Å². The van der Waals surface area contributed by atoms with E-state index >= 15 is 0 Å². The molecule has 0 aliphatic heterocycles. The average molecular weight is 396 g/mol. The van der Waals surface area contributed by atoms with Gasteiger partial charge in [-0.2, -0.15) is 0 Å². The Kier molecular flexibility index (Phi) is 4.48. The maximum absolute atomic E-state index is 6.43. The van der Waals surface area contributed by atoms with Crippen LogP contribution < -0.4 is 0 Å². The van der Waals surface area contributed by atoms with Gasteiger partial charge in [0, 0.05) is 20.6 Å². The lowest BCUT2D eigenvalue weighted by atomic mass is 9.89. The second-order valence-electron chi connectivity index (χ2n) is 8.72. The van der Waals surface area contributed by atoms with Crippen LogP contribution in [-0.4, -0.2) is 4.98 Å². The van der Waals surface area contributed by atoms with E-state index < -0.39 is 0 Å². The molecular formula is C24H26ClNS. The number of benzene rings is 1. The molecule has 4 rings (SSSR count). The fourth-order valence-electron chi connectivity index (χ4n) is 4.30. The van der Waals surface area contributed by atoms with Crippen LogP contribution in [0.15, 0.2) is 30.3 Å². The van der Waals surface area contributed by atoms with Gasteiger partial charge in [-0.15, -0.1) is 11.3 Å². The molecule has 3 heteroatoms. The molecule has 0 fully saturated rings. The molecule has 0 N–H and O–H groups in total. The maximum Gasteiger partial charge on any atom is 0.130 e. The first-order valence-electron chi connectivity index (χ1n) is 9.60. The van der Waals surface area contributed by atoms with E-state index in [4.69, 9.17) is 11.6 Å². The molecule has 0 bridgehead atoms. The van der Waals surface area contributed by atoms with Gasteiger partial charge in [0.25, 0.3) is 0 Å². The van der Waals surface area contributed by atoms with Crippen LogP contribution in [0.25, 0.3) is 26.8 Å². The van der Waals surface area contributed by atoms with Crippen molar-refractivity contribution >= 4 is 38.6 Å². The third-order valence-electron chi connectivity index (χ3n) is 5.51. The maximum atomic E-state index is 6.43. The fourth-order valence-corrected chi connectivity index (χ4v) is 5.95. The first-order valence-corrected chi connectivity index (χ1v) is 10.8. The predicted octanol–water partition coefficient (Wildman–Crippen LogP) is 7.82. The molecule has 27 heavy (non-hydrogen) atoms. The number of fused-ring (bicyclic) bond motifs is 2. The van der Waals surface area contributed by atoms with Gasteiger partial charge in [0.1, 0.15) is 5.15 Å². The second kappa shape index (κ2) is 6.46. The molecule has 2 aromatic heterocycles. The lowest BCUT2D eigenvalue weighted by Gasteiger charge is -2.18. The van der Waals surface area contributed by atoms with Crippen molar-refractivity contribution in [3.05, 3.63) is 57.2 Å². The number of allylic oxidation sites excluding steroid dienone is 2. The molecule has 1 aliphatic carbocycles. The molecule has 0 saturated heterocycles. The van der Waals surface area contributed by atoms with Crippen molar-refractivity contribution in [3.8, 4) is 11.1 Å². The minimum absolute atomic E-state index is 0.0763. The highest BCUT2D eigenvalue weighted by molar-refractivity contribution is 7.19. The zero-order chi connectivity index (χ0) is 19.5. The summed E-state index contributed by atoms with van der Waals surface area (Å²) in [5.74, 6) is 0.675. The number of nitrogens with zero attached hydrogens (tertiary/aromatic N) is 1. The van der Waals surface area contributed by atoms with Crippen molar-refractivity contribution in [1.29, 1.82) is 0 Å². The van der Waals surface area contributed by atoms with Crippen LogP contribution in [0, 0.1) is 12.8 Å². The summed E-state index contributed by atoms with van der Waals surface area (Å²) in [4.78, 5) is 6.18. The van der Waals surface area contributed by atoms with Gasteiger partial charge in [0.05, 0.1) is 5.69 Å². The van der Waals surface area contributed by atoms with Crippen LogP contribution in [0.3, 0.4) is 0 Å². The van der Waals surface area contributed by atoms with E-state index in [1.807, 2.05) is 17.4 Å². The first-order chi connectivity index (χ1) is 12.7. The highest BCUT2D eigenvalue weighted by Crippen LogP contribution is 2.45. The molecule has 140 valence electrons. The molecule has 1 aromatic carbocycles. The third kappa shape index (κ3) is 3.13. The summed E-state index contributed by atoms with van der Waals surface area (Å²) in [7, 11) is 0. The van der Waals surface area contributed by atoms with Gasteiger partial charge in [0.15, 0.2) is 0 Å². The summed E-state index contributed by atoms with van der Waals surface area (Å²) < 4.78 is 1.36. The summed E-state index contributed by atoms with van der Waals surface area (Å²) in [5.41, 5.74) is 7.41. The number of pyridine rings is 1. The summed E-state index contributed by atoms with van der Waals surface area (Å²) in [6.07, 6.45) is 3.45. The van der Waals surface area contributed by atoms with Crippen molar-refractivity contribution < 1.29 is 0 Å². The normalized spacial score (nSPS) is 15.5. The van der Waals surface area contributed by atoms with E-state index in [9.17, 15) is 0 Å².